The number of hydrogen-bond acceptors (Lipinski definition) is 3. The van der Waals surface area contributed by atoms with Crippen molar-refractivity contribution in [3.05, 3.63) is 71.3 Å². The third-order valence-corrected chi connectivity index (χ3v) is 5.31. The summed E-state index contributed by atoms with van der Waals surface area (Å²) in [4.78, 5) is 38.3. The summed E-state index contributed by atoms with van der Waals surface area (Å²) in [7, 11) is 0. The molecule has 1 unspecified atom stereocenters. The summed E-state index contributed by atoms with van der Waals surface area (Å²) in [6, 6.07) is 17.9. The van der Waals surface area contributed by atoms with Gasteiger partial charge in [-0.1, -0.05) is 60.2 Å². The van der Waals surface area contributed by atoms with E-state index in [4.69, 9.17) is 0 Å². The van der Waals surface area contributed by atoms with Gasteiger partial charge in [0.1, 0.15) is 0 Å². The van der Waals surface area contributed by atoms with Gasteiger partial charge in [-0.3, -0.25) is 14.4 Å². The highest BCUT2D eigenvalue weighted by atomic mass is 16.2. The molecular formula is C24H29N3O3. The number of likely N-dealkylation sites (tertiary alicyclic amines) is 1. The molecule has 1 atom stereocenters. The van der Waals surface area contributed by atoms with Crippen LogP contribution in [0.3, 0.4) is 0 Å². The van der Waals surface area contributed by atoms with E-state index in [0.717, 1.165) is 11.1 Å². The van der Waals surface area contributed by atoms with Crippen LogP contribution in [-0.4, -0.2) is 42.3 Å². The zero-order chi connectivity index (χ0) is 21.3. The van der Waals surface area contributed by atoms with E-state index in [2.05, 4.69) is 10.6 Å². The topological polar surface area (TPSA) is 78.5 Å². The van der Waals surface area contributed by atoms with E-state index < -0.39 is 0 Å². The molecule has 0 radical (unpaired) electrons. The van der Waals surface area contributed by atoms with Gasteiger partial charge in [0.15, 0.2) is 0 Å². The summed E-state index contributed by atoms with van der Waals surface area (Å²) in [6.07, 6.45) is 1.35. The molecule has 1 saturated heterocycles. The van der Waals surface area contributed by atoms with Gasteiger partial charge in [0, 0.05) is 39.0 Å². The molecule has 0 bridgehead atoms. The number of nitrogens with one attached hydrogen (secondary N) is 2. The molecule has 30 heavy (non-hydrogen) atoms. The average molecular weight is 408 g/mol. The van der Waals surface area contributed by atoms with Gasteiger partial charge in [-0.2, -0.15) is 0 Å². The standard InChI is InChI=1S/C24H29N3O3/c1-18-7-9-19(10-8-18)11-12-22(28)25-13-14-26-24(30)21-15-23(29)27(17-21)16-20-5-3-2-4-6-20/h2-10,21H,11-17H2,1H3,(H,25,28)(H,26,30). The molecule has 2 aromatic rings. The first-order valence-corrected chi connectivity index (χ1v) is 10.4. The summed E-state index contributed by atoms with van der Waals surface area (Å²) in [5.41, 5.74) is 3.39. The molecule has 2 N–H and O–H groups in total. The number of rotatable bonds is 9. The Labute approximate surface area is 177 Å². The van der Waals surface area contributed by atoms with Crippen LogP contribution < -0.4 is 10.6 Å². The maximum atomic E-state index is 12.4. The van der Waals surface area contributed by atoms with Crippen molar-refractivity contribution in [3.8, 4) is 0 Å². The molecule has 158 valence electrons. The third kappa shape index (κ3) is 6.44. The van der Waals surface area contributed by atoms with Gasteiger partial charge in [-0.25, -0.2) is 0 Å². The lowest BCUT2D eigenvalue weighted by atomic mass is 10.1. The highest BCUT2D eigenvalue weighted by molar-refractivity contribution is 5.89. The monoisotopic (exact) mass is 407 g/mol. The van der Waals surface area contributed by atoms with Gasteiger partial charge >= 0.3 is 0 Å². The quantitative estimate of drug-likeness (QED) is 0.626. The lowest BCUT2D eigenvalue weighted by molar-refractivity contribution is -0.129. The van der Waals surface area contributed by atoms with Crippen molar-refractivity contribution in [3.63, 3.8) is 0 Å². The summed E-state index contributed by atoms with van der Waals surface area (Å²) in [5, 5.41) is 5.66. The number of benzene rings is 2. The molecule has 0 saturated carbocycles. The van der Waals surface area contributed by atoms with Crippen molar-refractivity contribution >= 4 is 17.7 Å². The lowest BCUT2D eigenvalue weighted by Gasteiger charge is -2.16. The first-order chi connectivity index (χ1) is 14.5. The number of hydrogen-bond donors (Lipinski definition) is 2. The Kier molecular flexibility index (Phi) is 7.60. The van der Waals surface area contributed by atoms with Crippen LogP contribution in [0.5, 0.6) is 0 Å². The molecule has 6 nitrogen and oxygen atoms in total. The van der Waals surface area contributed by atoms with E-state index >= 15 is 0 Å². The second kappa shape index (κ2) is 10.6. The molecular weight excluding hydrogens is 378 g/mol. The Hall–Kier alpha value is -3.15. The minimum absolute atomic E-state index is 0.00316. The smallest absolute Gasteiger partial charge is 0.225 e. The van der Waals surface area contributed by atoms with Gasteiger partial charge in [0.2, 0.25) is 17.7 Å². The van der Waals surface area contributed by atoms with Crippen LogP contribution in [0.2, 0.25) is 0 Å². The van der Waals surface area contributed by atoms with Gasteiger partial charge in [0.25, 0.3) is 0 Å². The van der Waals surface area contributed by atoms with Crippen LogP contribution in [0, 0.1) is 12.8 Å². The Morgan fingerprint density at radius 3 is 2.40 bits per heavy atom. The number of carbonyl (C=O) groups excluding carboxylic acids is 3. The minimum Gasteiger partial charge on any atom is -0.354 e. The summed E-state index contributed by atoms with van der Waals surface area (Å²) < 4.78 is 0. The Morgan fingerprint density at radius 2 is 1.67 bits per heavy atom. The van der Waals surface area contributed by atoms with Crippen molar-refractivity contribution in [2.75, 3.05) is 19.6 Å². The highest BCUT2D eigenvalue weighted by Gasteiger charge is 2.33. The molecule has 1 fully saturated rings. The van der Waals surface area contributed by atoms with Crippen LogP contribution in [0.4, 0.5) is 0 Å². The van der Waals surface area contributed by atoms with E-state index in [1.165, 1.54) is 5.56 Å². The number of carbonyl (C=O) groups is 3. The van der Waals surface area contributed by atoms with E-state index in [-0.39, 0.29) is 30.1 Å². The third-order valence-electron chi connectivity index (χ3n) is 5.31. The summed E-state index contributed by atoms with van der Waals surface area (Å²) in [5.74, 6) is -0.496. The van der Waals surface area contributed by atoms with Gasteiger partial charge in [-0.15, -0.1) is 0 Å². The Balaban J connectivity index is 1.32. The average Bonchev–Trinajstić information content (AvgIpc) is 3.12. The zero-order valence-electron chi connectivity index (χ0n) is 17.4. The molecule has 3 amide bonds. The van der Waals surface area contributed by atoms with Crippen molar-refractivity contribution in [2.45, 2.75) is 32.7 Å². The minimum atomic E-state index is -0.335. The second-order valence-corrected chi connectivity index (χ2v) is 7.79. The predicted octanol–water partition coefficient (Wildman–Crippen LogP) is 2.21. The number of amides is 3. The molecule has 0 spiro atoms. The highest BCUT2D eigenvalue weighted by Crippen LogP contribution is 2.20. The first-order valence-electron chi connectivity index (χ1n) is 10.4. The number of nitrogens with zero attached hydrogens (tertiary/aromatic N) is 1. The second-order valence-electron chi connectivity index (χ2n) is 7.79. The molecule has 3 rings (SSSR count). The van der Waals surface area contributed by atoms with Gasteiger partial charge in [-0.05, 0) is 24.5 Å². The van der Waals surface area contributed by atoms with Crippen molar-refractivity contribution in [2.24, 2.45) is 5.92 Å². The van der Waals surface area contributed by atoms with Crippen LogP contribution in [0.25, 0.3) is 0 Å². The van der Waals surface area contributed by atoms with Crippen molar-refractivity contribution in [1.29, 1.82) is 0 Å². The van der Waals surface area contributed by atoms with Gasteiger partial charge in [0.05, 0.1) is 5.92 Å². The molecule has 1 heterocycles. The van der Waals surface area contributed by atoms with Crippen molar-refractivity contribution < 1.29 is 14.4 Å². The molecule has 0 aromatic heterocycles. The van der Waals surface area contributed by atoms with Crippen molar-refractivity contribution in [1.82, 2.24) is 15.5 Å². The maximum absolute atomic E-state index is 12.4. The molecule has 6 heteroatoms. The molecule has 0 aliphatic carbocycles. The molecule has 1 aliphatic rings. The van der Waals surface area contributed by atoms with E-state index in [1.807, 2.05) is 61.5 Å². The SMILES string of the molecule is Cc1ccc(CCC(=O)NCCNC(=O)C2CC(=O)N(Cc3ccccc3)C2)cc1. The lowest BCUT2D eigenvalue weighted by Crippen LogP contribution is -2.38. The van der Waals surface area contributed by atoms with E-state index in [9.17, 15) is 14.4 Å². The largest absolute Gasteiger partial charge is 0.354 e. The zero-order valence-corrected chi connectivity index (χ0v) is 17.4. The Morgan fingerprint density at radius 1 is 0.967 bits per heavy atom. The fourth-order valence-electron chi connectivity index (χ4n) is 3.54. The fraction of sp³-hybridized carbons (Fsp3) is 0.375. The fourth-order valence-corrected chi connectivity index (χ4v) is 3.54. The molecule has 2 aromatic carbocycles. The maximum Gasteiger partial charge on any atom is 0.225 e. The van der Waals surface area contributed by atoms with Crippen LogP contribution in [-0.2, 0) is 27.3 Å². The normalized spacial score (nSPS) is 15.8. The number of aryl methyl sites for hydroxylation is 2. The van der Waals surface area contributed by atoms with E-state index in [1.54, 1.807) is 4.90 Å². The molecule has 1 aliphatic heterocycles. The first kappa shape index (κ1) is 21.6. The Bertz CT molecular complexity index is 865. The van der Waals surface area contributed by atoms with Crippen LogP contribution in [0.15, 0.2) is 54.6 Å². The summed E-state index contributed by atoms with van der Waals surface area (Å²) >= 11 is 0. The van der Waals surface area contributed by atoms with Crippen LogP contribution >= 0.6 is 0 Å². The summed E-state index contributed by atoms with van der Waals surface area (Å²) in [6.45, 7) is 3.74. The predicted molar refractivity (Wildman–Crippen MR) is 115 cm³/mol. The van der Waals surface area contributed by atoms with Gasteiger partial charge < -0.3 is 15.5 Å². The van der Waals surface area contributed by atoms with E-state index in [0.29, 0.717) is 39.0 Å². The van der Waals surface area contributed by atoms with Crippen LogP contribution in [0.1, 0.15) is 29.5 Å².